The van der Waals surface area contributed by atoms with E-state index in [2.05, 4.69) is 5.32 Å². The van der Waals surface area contributed by atoms with E-state index in [0.717, 1.165) is 23.4 Å². The molecular formula is C18H23N3O3. The van der Waals surface area contributed by atoms with Gasteiger partial charge in [0, 0.05) is 12.2 Å². The van der Waals surface area contributed by atoms with E-state index in [1.807, 2.05) is 37.3 Å². The first-order valence-electron chi connectivity index (χ1n) is 8.52. The third kappa shape index (κ3) is 2.56. The first-order chi connectivity index (χ1) is 11.5. The van der Waals surface area contributed by atoms with Gasteiger partial charge in [-0.05, 0) is 38.8 Å². The normalized spacial score (nSPS) is 20.3. The van der Waals surface area contributed by atoms with Crippen molar-refractivity contribution in [2.45, 2.75) is 51.1 Å². The number of rotatable bonds is 4. The fourth-order valence-electron chi connectivity index (χ4n) is 3.72. The van der Waals surface area contributed by atoms with Crippen LogP contribution in [0.4, 0.5) is 10.5 Å². The van der Waals surface area contributed by atoms with E-state index in [-0.39, 0.29) is 11.8 Å². The Balaban J connectivity index is 1.82. The molecule has 0 bridgehead atoms. The number of hydrogen-bond donors (Lipinski definition) is 1. The topological polar surface area (TPSA) is 69.7 Å². The summed E-state index contributed by atoms with van der Waals surface area (Å²) in [4.78, 5) is 40.8. The maximum Gasteiger partial charge on any atom is 0.325 e. The number of nitrogens with zero attached hydrogens (tertiary/aromatic N) is 2. The fraction of sp³-hybridized carbons (Fsp3) is 0.500. The van der Waals surface area contributed by atoms with Crippen molar-refractivity contribution in [1.82, 2.24) is 10.2 Å². The first kappa shape index (κ1) is 16.5. The molecule has 1 aliphatic heterocycles. The van der Waals surface area contributed by atoms with Gasteiger partial charge in [-0.3, -0.25) is 9.59 Å². The summed E-state index contributed by atoms with van der Waals surface area (Å²) < 4.78 is 0. The smallest absolute Gasteiger partial charge is 0.323 e. The van der Waals surface area contributed by atoms with Crippen LogP contribution >= 0.6 is 0 Å². The number of likely N-dealkylation sites (N-methyl/N-ethyl adjacent to an activating group) is 1. The summed E-state index contributed by atoms with van der Waals surface area (Å²) in [7, 11) is 0. The number of hydrogen-bond acceptors (Lipinski definition) is 3. The predicted octanol–water partition coefficient (Wildman–Crippen LogP) is 2.29. The molecule has 1 aliphatic carbocycles. The summed E-state index contributed by atoms with van der Waals surface area (Å²) >= 11 is 0. The monoisotopic (exact) mass is 329 g/mol. The number of carbonyl (C=O) groups is 3. The molecule has 24 heavy (non-hydrogen) atoms. The van der Waals surface area contributed by atoms with Gasteiger partial charge in [-0.1, -0.05) is 31.0 Å². The average molecular weight is 329 g/mol. The standard InChI is InChI=1S/C18H23N3O3/c1-3-20(14-9-5-4-6-10-14)15(22)13(2)21-16(23)18(19-17(21)24)11-7-8-12-18/h4-6,9-10,13H,3,7-8,11-12H2,1-2H3,(H,19,24). The molecule has 1 atom stereocenters. The largest absolute Gasteiger partial charge is 0.325 e. The molecule has 6 heteroatoms. The van der Waals surface area contributed by atoms with Crippen LogP contribution in [0.1, 0.15) is 39.5 Å². The van der Waals surface area contributed by atoms with Crippen LogP contribution in [0.5, 0.6) is 0 Å². The van der Waals surface area contributed by atoms with Crippen molar-refractivity contribution in [3.05, 3.63) is 30.3 Å². The highest BCUT2D eigenvalue weighted by atomic mass is 16.2. The van der Waals surface area contributed by atoms with Crippen molar-refractivity contribution in [3.8, 4) is 0 Å². The van der Waals surface area contributed by atoms with Gasteiger partial charge in [0.1, 0.15) is 11.6 Å². The number of para-hydroxylation sites is 1. The highest BCUT2D eigenvalue weighted by Gasteiger charge is 2.54. The molecule has 1 unspecified atom stereocenters. The van der Waals surface area contributed by atoms with Crippen LogP contribution in [-0.2, 0) is 9.59 Å². The lowest BCUT2D eigenvalue weighted by Gasteiger charge is -2.29. The van der Waals surface area contributed by atoms with Gasteiger partial charge in [0.25, 0.3) is 5.91 Å². The molecule has 0 aromatic heterocycles. The number of urea groups is 1. The van der Waals surface area contributed by atoms with Crippen LogP contribution in [-0.4, -0.2) is 40.9 Å². The lowest BCUT2D eigenvalue weighted by Crippen LogP contribution is -2.51. The lowest BCUT2D eigenvalue weighted by atomic mass is 9.97. The Bertz CT molecular complexity index is 653. The molecule has 1 spiro atoms. The van der Waals surface area contributed by atoms with Gasteiger partial charge in [0.15, 0.2) is 0 Å². The van der Waals surface area contributed by atoms with Gasteiger partial charge < -0.3 is 10.2 Å². The van der Waals surface area contributed by atoms with Gasteiger partial charge >= 0.3 is 6.03 Å². The zero-order valence-corrected chi connectivity index (χ0v) is 14.1. The highest BCUT2D eigenvalue weighted by Crippen LogP contribution is 2.36. The molecule has 1 aromatic rings. The quantitative estimate of drug-likeness (QED) is 0.862. The van der Waals surface area contributed by atoms with Gasteiger partial charge in [-0.15, -0.1) is 0 Å². The van der Waals surface area contributed by atoms with E-state index in [1.165, 1.54) is 0 Å². The van der Waals surface area contributed by atoms with E-state index in [9.17, 15) is 14.4 Å². The fourth-order valence-corrected chi connectivity index (χ4v) is 3.72. The summed E-state index contributed by atoms with van der Waals surface area (Å²) in [5, 5.41) is 2.83. The Hall–Kier alpha value is -2.37. The Kier molecular flexibility index (Phi) is 4.30. The van der Waals surface area contributed by atoms with E-state index in [0.29, 0.717) is 19.4 Å². The van der Waals surface area contributed by atoms with Crippen LogP contribution in [0, 0.1) is 0 Å². The Morgan fingerprint density at radius 1 is 1.25 bits per heavy atom. The van der Waals surface area contributed by atoms with Crippen LogP contribution in [0.3, 0.4) is 0 Å². The Morgan fingerprint density at radius 2 is 1.88 bits per heavy atom. The second-order valence-electron chi connectivity index (χ2n) is 6.49. The molecule has 2 aliphatic rings. The number of nitrogens with one attached hydrogen (secondary N) is 1. The van der Waals surface area contributed by atoms with Crippen LogP contribution in [0.2, 0.25) is 0 Å². The minimum absolute atomic E-state index is 0.248. The van der Waals surface area contributed by atoms with Crippen LogP contribution in [0.25, 0.3) is 0 Å². The van der Waals surface area contributed by atoms with Crippen molar-refractivity contribution in [3.63, 3.8) is 0 Å². The third-order valence-corrected chi connectivity index (χ3v) is 5.05. The van der Waals surface area contributed by atoms with Gasteiger partial charge in [-0.25, -0.2) is 9.69 Å². The average Bonchev–Trinajstić information content (AvgIpc) is 3.14. The summed E-state index contributed by atoms with van der Waals surface area (Å²) in [5.74, 6) is -0.503. The van der Waals surface area contributed by atoms with Crippen molar-refractivity contribution < 1.29 is 14.4 Å². The van der Waals surface area contributed by atoms with Crippen molar-refractivity contribution in [2.24, 2.45) is 0 Å². The molecular weight excluding hydrogens is 306 g/mol. The highest BCUT2D eigenvalue weighted by molar-refractivity contribution is 6.11. The Morgan fingerprint density at radius 3 is 2.46 bits per heavy atom. The maximum atomic E-state index is 12.9. The molecule has 128 valence electrons. The summed E-state index contributed by atoms with van der Waals surface area (Å²) in [6.45, 7) is 3.98. The third-order valence-electron chi connectivity index (χ3n) is 5.05. The molecule has 1 N–H and O–H groups in total. The maximum absolute atomic E-state index is 12.9. The lowest BCUT2D eigenvalue weighted by molar-refractivity contribution is -0.136. The predicted molar refractivity (Wildman–Crippen MR) is 90.5 cm³/mol. The van der Waals surface area contributed by atoms with Gasteiger partial charge in [0.05, 0.1) is 0 Å². The molecule has 1 saturated carbocycles. The molecule has 2 fully saturated rings. The van der Waals surface area contributed by atoms with Crippen molar-refractivity contribution >= 4 is 23.5 Å². The summed E-state index contributed by atoms with van der Waals surface area (Å²) in [5.41, 5.74) is -0.0189. The van der Waals surface area contributed by atoms with Gasteiger partial charge in [0.2, 0.25) is 5.91 Å². The molecule has 0 radical (unpaired) electrons. The number of anilines is 1. The zero-order valence-electron chi connectivity index (χ0n) is 14.1. The van der Waals surface area contributed by atoms with E-state index in [4.69, 9.17) is 0 Å². The zero-order chi connectivity index (χ0) is 17.3. The molecule has 4 amide bonds. The molecule has 1 saturated heterocycles. The summed E-state index contributed by atoms with van der Waals surface area (Å²) in [6.07, 6.45) is 3.16. The van der Waals surface area contributed by atoms with Crippen LogP contribution in [0.15, 0.2) is 30.3 Å². The van der Waals surface area contributed by atoms with E-state index < -0.39 is 17.6 Å². The minimum atomic E-state index is -0.822. The molecule has 1 aromatic carbocycles. The molecule has 1 heterocycles. The number of amides is 4. The second kappa shape index (κ2) is 6.26. The van der Waals surface area contributed by atoms with E-state index >= 15 is 0 Å². The number of carbonyl (C=O) groups excluding carboxylic acids is 3. The summed E-state index contributed by atoms with van der Waals surface area (Å²) in [6, 6.07) is 8.02. The number of benzene rings is 1. The minimum Gasteiger partial charge on any atom is -0.323 e. The molecule has 3 rings (SSSR count). The second-order valence-corrected chi connectivity index (χ2v) is 6.49. The Labute approximate surface area is 141 Å². The van der Waals surface area contributed by atoms with Gasteiger partial charge in [-0.2, -0.15) is 0 Å². The van der Waals surface area contributed by atoms with Crippen molar-refractivity contribution in [2.75, 3.05) is 11.4 Å². The van der Waals surface area contributed by atoms with Crippen molar-refractivity contribution in [1.29, 1.82) is 0 Å². The van der Waals surface area contributed by atoms with Crippen LogP contribution < -0.4 is 10.2 Å². The molecule has 6 nitrogen and oxygen atoms in total. The number of imide groups is 1. The van der Waals surface area contributed by atoms with E-state index in [1.54, 1.807) is 11.8 Å². The first-order valence-corrected chi connectivity index (χ1v) is 8.52. The SMILES string of the molecule is CCN(C(=O)C(C)N1C(=O)NC2(CCCC2)C1=O)c1ccccc1.